The predicted octanol–water partition coefficient (Wildman–Crippen LogP) is 2.53. The number of carbonyl (C=O) groups is 1. The van der Waals surface area contributed by atoms with E-state index in [0.717, 1.165) is 31.5 Å². The van der Waals surface area contributed by atoms with Crippen molar-refractivity contribution in [2.75, 3.05) is 13.7 Å². The summed E-state index contributed by atoms with van der Waals surface area (Å²) in [6.45, 7) is 5.47. The lowest BCUT2D eigenvalue weighted by Crippen LogP contribution is -2.14. The third-order valence-corrected chi connectivity index (χ3v) is 2.47. The Labute approximate surface area is 102 Å². The molecule has 1 rings (SSSR count). The quantitative estimate of drug-likeness (QED) is 0.447. The van der Waals surface area contributed by atoms with Crippen molar-refractivity contribution in [2.45, 2.75) is 19.4 Å². The van der Waals surface area contributed by atoms with Gasteiger partial charge in [-0.05, 0) is 37.1 Å². The van der Waals surface area contributed by atoms with Crippen LogP contribution in [0.1, 0.15) is 28.8 Å². The Morgan fingerprint density at radius 1 is 1.41 bits per heavy atom. The Bertz CT molecular complexity index is 357. The minimum Gasteiger partial charge on any atom is -0.465 e. The zero-order valence-electron chi connectivity index (χ0n) is 10.2. The molecule has 0 aromatic heterocycles. The molecular formula is C14H19NO2. The second-order valence-electron chi connectivity index (χ2n) is 3.80. The molecule has 0 saturated heterocycles. The van der Waals surface area contributed by atoms with E-state index in [9.17, 15) is 4.79 Å². The van der Waals surface area contributed by atoms with Crippen molar-refractivity contribution in [3.05, 3.63) is 48.0 Å². The fourth-order valence-corrected chi connectivity index (χ4v) is 1.48. The number of ether oxygens (including phenoxy) is 1. The summed E-state index contributed by atoms with van der Waals surface area (Å²) in [4.78, 5) is 11.2. The second kappa shape index (κ2) is 7.63. The van der Waals surface area contributed by atoms with E-state index in [4.69, 9.17) is 0 Å². The Morgan fingerprint density at radius 2 is 2.12 bits per heavy atom. The van der Waals surface area contributed by atoms with E-state index in [2.05, 4.69) is 16.6 Å². The molecule has 0 aliphatic rings. The van der Waals surface area contributed by atoms with Gasteiger partial charge in [-0.1, -0.05) is 18.2 Å². The van der Waals surface area contributed by atoms with Crippen LogP contribution in [0.15, 0.2) is 36.9 Å². The molecule has 0 heterocycles. The molecule has 0 aliphatic heterocycles. The van der Waals surface area contributed by atoms with Crippen molar-refractivity contribution in [3.63, 3.8) is 0 Å². The number of hydrogen-bond donors (Lipinski definition) is 1. The van der Waals surface area contributed by atoms with Crippen molar-refractivity contribution in [1.82, 2.24) is 5.32 Å². The lowest BCUT2D eigenvalue weighted by Gasteiger charge is -2.05. The van der Waals surface area contributed by atoms with Crippen LogP contribution in [0.3, 0.4) is 0 Å². The van der Waals surface area contributed by atoms with Crippen LogP contribution in [0, 0.1) is 0 Å². The van der Waals surface area contributed by atoms with Crippen LogP contribution < -0.4 is 5.32 Å². The van der Waals surface area contributed by atoms with Gasteiger partial charge in [0.2, 0.25) is 0 Å². The number of rotatable bonds is 7. The van der Waals surface area contributed by atoms with E-state index in [-0.39, 0.29) is 5.97 Å². The SMILES string of the molecule is C=CCCCNCc1ccc(C(=O)OC)cc1. The summed E-state index contributed by atoms with van der Waals surface area (Å²) in [7, 11) is 1.39. The van der Waals surface area contributed by atoms with Gasteiger partial charge in [0.05, 0.1) is 12.7 Å². The maximum Gasteiger partial charge on any atom is 0.337 e. The lowest BCUT2D eigenvalue weighted by molar-refractivity contribution is 0.0600. The van der Waals surface area contributed by atoms with Crippen LogP contribution in [-0.2, 0) is 11.3 Å². The third-order valence-electron chi connectivity index (χ3n) is 2.47. The molecule has 3 heteroatoms. The summed E-state index contributed by atoms with van der Waals surface area (Å²) in [6, 6.07) is 7.44. The van der Waals surface area contributed by atoms with Gasteiger partial charge in [-0.15, -0.1) is 6.58 Å². The number of carbonyl (C=O) groups excluding carboxylic acids is 1. The molecule has 17 heavy (non-hydrogen) atoms. The first kappa shape index (κ1) is 13.5. The molecule has 0 bridgehead atoms. The van der Waals surface area contributed by atoms with E-state index in [1.54, 1.807) is 12.1 Å². The van der Waals surface area contributed by atoms with Crippen molar-refractivity contribution < 1.29 is 9.53 Å². The topological polar surface area (TPSA) is 38.3 Å². The van der Waals surface area contributed by atoms with Crippen molar-refractivity contribution in [3.8, 4) is 0 Å². The van der Waals surface area contributed by atoms with Crippen LogP contribution in [0.25, 0.3) is 0 Å². The second-order valence-corrected chi connectivity index (χ2v) is 3.80. The number of esters is 1. The summed E-state index contributed by atoms with van der Waals surface area (Å²) < 4.78 is 4.64. The predicted molar refractivity (Wildman–Crippen MR) is 68.9 cm³/mol. The summed E-state index contributed by atoms with van der Waals surface area (Å²) in [5, 5.41) is 3.34. The molecule has 3 nitrogen and oxygen atoms in total. The monoisotopic (exact) mass is 233 g/mol. The minimum absolute atomic E-state index is 0.296. The molecule has 1 aromatic carbocycles. The summed E-state index contributed by atoms with van der Waals surface area (Å²) in [6.07, 6.45) is 4.06. The number of allylic oxidation sites excluding steroid dienone is 1. The minimum atomic E-state index is -0.296. The first-order valence-corrected chi connectivity index (χ1v) is 5.77. The van der Waals surface area contributed by atoms with Gasteiger partial charge >= 0.3 is 5.97 Å². The van der Waals surface area contributed by atoms with Crippen LogP contribution in [0.2, 0.25) is 0 Å². The fraction of sp³-hybridized carbons (Fsp3) is 0.357. The summed E-state index contributed by atoms with van der Waals surface area (Å²) >= 11 is 0. The Kier molecular flexibility index (Phi) is 6.04. The molecule has 0 aliphatic carbocycles. The summed E-state index contributed by atoms with van der Waals surface area (Å²) in [5.41, 5.74) is 1.75. The Balaban J connectivity index is 2.35. The lowest BCUT2D eigenvalue weighted by atomic mass is 10.1. The molecular weight excluding hydrogens is 214 g/mol. The molecule has 92 valence electrons. The highest BCUT2D eigenvalue weighted by Crippen LogP contribution is 2.05. The first-order chi connectivity index (χ1) is 8.27. The number of nitrogens with one attached hydrogen (secondary N) is 1. The van der Waals surface area contributed by atoms with Crippen LogP contribution in [0.5, 0.6) is 0 Å². The maximum atomic E-state index is 11.2. The molecule has 0 saturated carbocycles. The molecule has 0 radical (unpaired) electrons. The Hall–Kier alpha value is -1.61. The number of methoxy groups -OCH3 is 1. The number of unbranched alkanes of at least 4 members (excludes halogenated alkanes) is 1. The normalized spacial score (nSPS) is 9.94. The average molecular weight is 233 g/mol. The molecule has 0 atom stereocenters. The van der Waals surface area contributed by atoms with Gasteiger partial charge in [0.1, 0.15) is 0 Å². The van der Waals surface area contributed by atoms with Crippen molar-refractivity contribution in [1.29, 1.82) is 0 Å². The smallest absolute Gasteiger partial charge is 0.337 e. The number of benzene rings is 1. The standard InChI is InChI=1S/C14H19NO2/c1-3-4-5-10-15-11-12-6-8-13(9-7-12)14(16)17-2/h3,6-9,15H,1,4-5,10-11H2,2H3. The van der Waals surface area contributed by atoms with Crippen LogP contribution in [0.4, 0.5) is 0 Å². The van der Waals surface area contributed by atoms with Gasteiger partial charge in [-0.2, -0.15) is 0 Å². The van der Waals surface area contributed by atoms with E-state index < -0.39 is 0 Å². The molecule has 1 N–H and O–H groups in total. The highest BCUT2D eigenvalue weighted by molar-refractivity contribution is 5.89. The van der Waals surface area contributed by atoms with Crippen LogP contribution in [-0.4, -0.2) is 19.6 Å². The summed E-state index contributed by atoms with van der Waals surface area (Å²) in [5.74, 6) is -0.296. The molecule has 0 fully saturated rings. The van der Waals surface area contributed by atoms with Gasteiger partial charge in [-0.3, -0.25) is 0 Å². The highest BCUT2D eigenvalue weighted by atomic mass is 16.5. The molecule has 0 unspecified atom stereocenters. The fourth-order valence-electron chi connectivity index (χ4n) is 1.48. The molecule has 0 spiro atoms. The largest absolute Gasteiger partial charge is 0.465 e. The maximum absolute atomic E-state index is 11.2. The van der Waals surface area contributed by atoms with E-state index >= 15 is 0 Å². The van der Waals surface area contributed by atoms with Gasteiger partial charge < -0.3 is 10.1 Å². The van der Waals surface area contributed by atoms with E-state index in [1.165, 1.54) is 7.11 Å². The zero-order chi connectivity index (χ0) is 12.5. The van der Waals surface area contributed by atoms with Crippen molar-refractivity contribution in [2.24, 2.45) is 0 Å². The van der Waals surface area contributed by atoms with Gasteiger partial charge in [-0.25, -0.2) is 4.79 Å². The number of hydrogen-bond acceptors (Lipinski definition) is 3. The molecule has 1 aromatic rings. The van der Waals surface area contributed by atoms with Crippen LogP contribution >= 0.6 is 0 Å². The molecule has 0 amide bonds. The van der Waals surface area contributed by atoms with Gasteiger partial charge in [0.15, 0.2) is 0 Å². The van der Waals surface area contributed by atoms with Crippen molar-refractivity contribution >= 4 is 5.97 Å². The zero-order valence-corrected chi connectivity index (χ0v) is 10.2. The highest BCUT2D eigenvalue weighted by Gasteiger charge is 2.03. The van der Waals surface area contributed by atoms with E-state index in [1.807, 2.05) is 18.2 Å². The van der Waals surface area contributed by atoms with Gasteiger partial charge in [0.25, 0.3) is 0 Å². The average Bonchev–Trinajstić information content (AvgIpc) is 2.38. The third kappa shape index (κ3) is 4.83. The van der Waals surface area contributed by atoms with E-state index in [0.29, 0.717) is 5.56 Å². The Morgan fingerprint density at radius 3 is 2.71 bits per heavy atom. The van der Waals surface area contributed by atoms with Gasteiger partial charge in [0, 0.05) is 6.54 Å². The first-order valence-electron chi connectivity index (χ1n) is 5.77.